The van der Waals surface area contributed by atoms with Crippen LogP contribution in [0.1, 0.15) is 25.7 Å². The van der Waals surface area contributed by atoms with Gasteiger partial charge in [-0.1, -0.05) is 0 Å². The molecule has 1 saturated heterocycles. The third kappa shape index (κ3) is 2.56. The zero-order chi connectivity index (χ0) is 11.7. The van der Waals surface area contributed by atoms with Gasteiger partial charge in [-0.15, -0.1) is 0 Å². The Labute approximate surface area is 85.6 Å². The summed E-state index contributed by atoms with van der Waals surface area (Å²) in [7, 11) is -4.53. The number of amides is 1. The molecule has 1 aliphatic heterocycles. The van der Waals surface area contributed by atoms with Gasteiger partial charge in [-0.25, -0.2) is 0 Å². The van der Waals surface area contributed by atoms with E-state index in [1.165, 1.54) is 0 Å². The summed E-state index contributed by atoms with van der Waals surface area (Å²) in [5.74, 6) is -1.60. The van der Waals surface area contributed by atoms with Gasteiger partial charge in [-0.2, -0.15) is 0 Å². The Morgan fingerprint density at radius 3 is 2.47 bits per heavy atom. The van der Waals surface area contributed by atoms with E-state index in [4.69, 9.17) is 14.9 Å². The predicted octanol–water partition coefficient (Wildman–Crippen LogP) is -0.365. The fraction of sp³-hybridized carbons (Fsp3) is 0.714. The van der Waals surface area contributed by atoms with E-state index < -0.39 is 24.8 Å². The number of carbonyl (C=O) groups excluding carboxylic acids is 1. The van der Waals surface area contributed by atoms with E-state index in [-0.39, 0.29) is 25.7 Å². The molecule has 0 aromatic carbocycles. The first kappa shape index (κ1) is 12.2. The third-order valence-electron chi connectivity index (χ3n) is 2.45. The minimum absolute atomic E-state index is 0.0186. The van der Waals surface area contributed by atoms with Crippen LogP contribution in [0.4, 0.5) is 0 Å². The van der Waals surface area contributed by atoms with Crippen LogP contribution in [0, 0.1) is 0 Å². The minimum atomic E-state index is -4.53. The lowest BCUT2D eigenvalue weighted by molar-refractivity contribution is -0.137. The smallest absolute Gasteiger partial charge is 0.350 e. The molecule has 0 bridgehead atoms. The average Bonchev–Trinajstić information content (AvgIpc) is 2.44. The maximum absolute atomic E-state index is 11.2. The van der Waals surface area contributed by atoms with Gasteiger partial charge in [-0.05, 0) is 12.8 Å². The quantitative estimate of drug-likeness (QED) is 0.495. The summed E-state index contributed by atoms with van der Waals surface area (Å²) in [5, 5.41) is 8.97. The third-order valence-corrected chi connectivity index (χ3v) is 4.12. The van der Waals surface area contributed by atoms with Crippen LogP contribution in [0.15, 0.2) is 0 Å². The highest BCUT2D eigenvalue weighted by atomic mass is 31.2. The molecule has 15 heavy (non-hydrogen) atoms. The summed E-state index contributed by atoms with van der Waals surface area (Å²) in [4.78, 5) is 39.5. The fourth-order valence-electron chi connectivity index (χ4n) is 1.57. The SMILES string of the molecule is O=C(O)CCC1(P(=O)(O)O)CCC(=O)N1. The van der Waals surface area contributed by atoms with E-state index in [9.17, 15) is 14.2 Å². The normalized spacial score (nSPS) is 26.4. The molecule has 0 aliphatic carbocycles. The van der Waals surface area contributed by atoms with Crippen LogP contribution < -0.4 is 5.32 Å². The molecule has 0 aromatic heterocycles. The lowest BCUT2D eigenvalue weighted by Gasteiger charge is -2.29. The van der Waals surface area contributed by atoms with Crippen molar-refractivity contribution in [1.82, 2.24) is 5.32 Å². The zero-order valence-corrected chi connectivity index (χ0v) is 8.74. The maximum Gasteiger partial charge on any atom is 0.350 e. The number of nitrogens with one attached hydrogen (secondary N) is 1. The lowest BCUT2D eigenvalue weighted by atomic mass is 10.1. The van der Waals surface area contributed by atoms with Gasteiger partial charge in [0.15, 0.2) is 0 Å². The molecule has 0 radical (unpaired) electrons. The fourth-order valence-corrected chi connectivity index (χ4v) is 2.65. The molecule has 1 heterocycles. The van der Waals surface area contributed by atoms with Crippen LogP contribution in [0.25, 0.3) is 0 Å². The summed E-state index contributed by atoms with van der Waals surface area (Å²) in [6, 6.07) is 0. The first-order chi connectivity index (χ1) is 6.77. The number of aliphatic carboxylic acids is 1. The van der Waals surface area contributed by atoms with Gasteiger partial charge < -0.3 is 20.2 Å². The molecule has 0 spiro atoms. The van der Waals surface area contributed by atoms with Crippen LogP contribution in [0.3, 0.4) is 0 Å². The molecule has 0 saturated carbocycles. The molecule has 1 rings (SSSR count). The molecule has 7 nitrogen and oxygen atoms in total. The number of hydrogen-bond donors (Lipinski definition) is 4. The van der Waals surface area contributed by atoms with E-state index in [2.05, 4.69) is 5.32 Å². The lowest BCUT2D eigenvalue weighted by Crippen LogP contribution is -2.41. The molecule has 1 aliphatic rings. The number of carbonyl (C=O) groups is 2. The summed E-state index contributed by atoms with van der Waals surface area (Å²) in [5.41, 5.74) is 0. The van der Waals surface area contributed by atoms with Gasteiger partial charge in [0.25, 0.3) is 0 Å². The monoisotopic (exact) mass is 237 g/mol. The second-order valence-corrected chi connectivity index (χ2v) is 5.46. The van der Waals surface area contributed by atoms with Crippen molar-refractivity contribution in [3.05, 3.63) is 0 Å². The average molecular weight is 237 g/mol. The predicted molar refractivity (Wildman–Crippen MR) is 49.0 cm³/mol. The Hall–Kier alpha value is -0.910. The van der Waals surface area contributed by atoms with E-state index in [0.29, 0.717) is 0 Å². The second-order valence-electron chi connectivity index (χ2n) is 3.52. The highest BCUT2D eigenvalue weighted by molar-refractivity contribution is 7.53. The molecule has 8 heteroatoms. The molecular weight excluding hydrogens is 225 g/mol. The highest BCUT2D eigenvalue weighted by Gasteiger charge is 2.51. The summed E-state index contributed by atoms with van der Waals surface area (Å²) in [6.45, 7) is 0. The number of rotatable bonds is 4. The van der Waals surface area contributed by atoms with Crippen LogP contribution in [0.5, 0.6) is 0 Å². The Kier molecular flexibility index (Phi) is 3.18. The maximum atomic E-state index is 11.2. The summed E-state index contributed by atoms with van der Waals surface area (Å²) < 4.78 is 11.2. The molecule has 0 aromatic rings. The number of carboxylic acids is 1. The Morgan fingerprint density at radius 1 is 1.53 bits per heavy atom. The van der Waals surface area contributed by atoms with Crippen LogP contribution in [-0.2, 0) is 14.2 Å². The zero-order valence-electron chi connectivity index (χ0n) is 7.84. The van der Waals surface area contributed by atoms with Gasteiger partial charge in [0.05, 0.1) is 0 Å². The number of carboxylic acid groups (broad SMARTS) is 1. The molecule has 1 amide bonds. The Balaban J connectivity index is 2.84. The number of hydrogen-bond acceptors (Lipinski definition) is 3. The standard InChI is InChI=1S/C7H12NO6P/c9-5-1-3-7(8-5,15(12,13)14)4-2-6(10)11/h1-4H2,(H,8,9)(H,10,11)(H2,12,13,14). The first-order valence-corrected chi connectivity index (χ1v) is 5.96. The first-order valence-electron chi connectivity index (χ1n) is 4.35. The molecule has 86 valence electrons. The van der Waals surface area contributed by atoms with Gasteiger partial charge in [0, 0.05) is 12.8 Å². The van der Waals surface area contributed by atoms with Crippen molar-refractivity contribution in [1.29, 1.82) is 0 Å². The van der Waals surface area contributed by atoms with Crippen molar-refractivity contribution >= 4 is 19.5 Å². The van der Waals surface area contributed by atoms with Crippen LogP contribution >= 0.6 is 7.60 Å². The van der Waals surface area contributed by atoms with Crippen LogP contribution in [-0.4, -0.2) is 32.0 Å². The largest absolute Gasteiger partial charge is 0.481 e. The Morgan fingerprint density at radius 2 is 2.13 bits per heavy atom. The van der Waals surface area contributed by atoms with Crippen molar-refractivity contribution in [2.45, 2.75) is 31.0 Å². The van der Waals surface area contributed by atoms with Gasteiger partial charge in [0.2, 0.25) is 5.91 Å². The van der Waals surface area contributed by atoms with E-state index in [0.717, 1.165) is 0 Å². The molecule has 1 fully saturated rings. The molecular formula is C7H12NO6P. The van der Waals surface area contributed by atoms with Crippen molar-refractivity contribution < 1.29 is 29.0 Å². The van der Waals surface area contributed by atoms with Crippen molar-refractivity contribution in [3.63, 3.8) is 0 Å². The molecule has 4 N–H and O–H groups in total. The summed E-state index contributed by atoms with van der Waals surface area (Å²) in [6.07, 6.45) is -0.641. The van der Waals surface area contributed by atoms with Crippen molar-refractivity contribution in [2.24, 2.45) is 0 Å². The van der Waals surface area contributed by atoms with Gasteiger partial charge in [0.1, 0.15) is 5.28 Å². The van der Waals surface area contributed by atoms with E-state index in [1.54, 1.807) is 0 Å². The Bertz CT molecular complexity index is 336. The second kappa shape index (κ2) is 3.92. The van der Waals surface area contributed by atoms with E-state index in [1.807, 2.05) is 0 Å². The van der Waals surface area contributed by atoms with Crippen molar-refractivity contribution in [2.75, 3.05) is 0 Å². The topological polar surface area (TPSA) is 124 Å². The summed E-state index contributed by atoms with van der Waals surface area (Å²) >= 11 is 0. The van der Waals surface area contributed by atoms with Gasteiger partial charge in [-0.3, -0.25) is 14.2 Å². The van der Waals surface area contributed by atoms with Crippen molar-refractivity contribution in [3.8, 4) is 0 Å². The molecule has 1 atom stereocenters. The molecule has 1 unspecified atom stereocenters. The van der Waals surface area contributed by atoms with Gasteiger partial charge >= 0.3 is 13.6 Å². The van der Waals surface area contributed by atoms with E-state index >= 15 is 0 Å². The highest BCUT2D eigenvalue weighted by Crippen LogP contribution is 2.55. The van der Waals surface area contributed by atoms with Crippen LogP contribution in [0.2, 0.25) is 0 Å². The minimum Gasteiger partial charge on any atom is -0.481 e.